The van der Waals surface area contributed by atoms with Crippen molar-refractivity contribution < 1.29 is 23.9 Å². The van der Waals surface area contributed by atoms with Crippen LogP contribution >= 0.6 is 0 Å². The number of nitrogens with one attached hydrogen (secondary N) is 3. The van der Waals surface area contributed by atoms with E-state index in [9.17, 15) is 19.2 Å². The van der Waals surface area contributed by atoms with Crippen LogP contribution in [0, 0.1) is 5.92 Å². The minimum Gasteiger partial charge on any atom is -0.444 e. The van der Waals surface area contributed by atoms with Gasteiger partial charge in [-0.05, 0) is 46.0 Å². The van der Waals surface area contributed by atoms with Crippen LogP contribution in [-0.4, -0.2) is 59.5 Å². The molecule has 1 fully saturated rings. The van der Waals surface area contributed by atoms with Crippen molar-refractivity contribution in [1.29, 1.82) is 0 Å². The predicted molar refractivity (Wildman–Crippen MR) is 103 cm³/mol. The zero-order chi connectivity index (χ0) is 21.5. The number of carbonyl (C=O) groups is 4. The van der Waals surface area contributed by atoms with Crippen LogP contribution in [0.1, 0.15) is 53.9 Å². The van der Waals surface area contributed by atoms with Crippen molar-refractivity contribution in [2.24, 2.45) is 11.8 Å². The molecule has 160 valence electrons. The molecule has 28 heavy (non-hydrogen) atoms. The Bertz CT molecular complexity index is 587. The molecule has 0 radical (unpaired) electrons. The first-order valence-corrected chi connectivity index (χ1v) is 9.51. The zero-order valence-electron chi connectivity index (χ0n) is 17.3. The molecule has 0 bridgehead atoms. The van der Waals surface area contributed by atoms with Crippen LogP contribution in [-0.2, 0) is 19.1 Å². The van der Waals surface area contributed by atoms with Crippen LogP contribution in [0.4, 0.5) is 4.79 Å². The summed E-state index contributed by atoms with van der Waals surface area (Å²) < 4.78 is 5.33. The Morgan fingerprint density at radius 3 is 2.39 bits per heavy atom. The molecule has 4 amide bonds. The summed E-state index contributed by atoms with van der Waals surface area (Å²) in [6.07, 6.45) is 1.04. The summed E-state index contributed by atoms with van der Waals surface area (Å²) >= 11 is 0. The second-order valence-corrected chi connectivity index (χ2v) is 8.31. The average molecular weight is 399 g/mol. The van der Waals surface area contributed by atoms with Gasteiger partial charge in [0.25, 0.3) is 5.91 Å². The second kappa shape index (κ2) is 10.3. The van der Waals surface area contributed by atoms with Crippen molar-refractivity contribution >= 4 is 23.8 Å². The van der Waals surface area contributed by atoms with E-state index in [1.807, 2.05) is 19.3 Å². The van der Waals surface area contributed by atoms with Gasteiger partial charge < -0.3 is 15.4 Å². The monoisotopic (exact) mass is 399 g/mol. The molecule has 1 aliphatic rings. The maximum Gasteiger partial charge on any atom is 0.410 e. The van der Waals surface area contributed by atoms with Crippen molar-refractivity contribution in [3.63, 3.8) is 0 Å². The van der Waals surface area contributed by atoms with Crippen LogP contribution < -0.4 is 21.9 Å². The van der Waals surface area contributed by atoms with Gasteiger partial charge in [0.1, 0.15) is 17.7 Å². The predicted octanol–water partition coefficient (Wildman–Crippen LogP) is 0.0229. The van der Waals surface area contributed by atoms with E-state index >= 15 is 0 Å². The van der Waals surface area contributed by atoms with E-state index in [0.29, 0.717) is 25.8 Å². The van der Waals surface area contributed by atoms with Gasteiger partial charge in [-0.1, -0.05) is 13.8 Å². The number of hydrogen-bond donors (Lipinski definition) is 4. The first kappa shape index (κ1) is 23.7. The molecule has 10 heteroatoms. The number of likely N-dealkylation sites (tertiary alicyclic amines) is 1. The van der Waals surface area contributed by atoms with E-state index in [2.05, 4.69) is 10.6 Å². The minimum absolute atomic E-state index is 0.165. The highest BCUT2D eigenvalue weighted by Gasteiger charge is 2.36. The Labute approximate surface area is 165 Å². The Balaban J connectivity index is 2.58. The standard InChI is InChI=1S/C18H33N5O5/c1-11(2)9-12(15(25)22-19)21-14(24)10-20-16(26)13-7-6-8-23(13)17(27)28-18(3,4)5/h11-13H,6-10,19H2,1-5H3,(H,20,26)(H,21,24)(H,22,25). The lowest BCUT2D eigenvalue weighted by Gasteiger charge is -2.28. The van der Waals surface area contributed by atoms with Gasteiger partial charge >= 0.3 is 6.09 Å². The van der Waals surface area contributed by atoms with Crippen LogP contribution in [0.15, 0.2) is 0 Å². The Kier molecular flexibility index (Phi) is 8.67. The van der Waals surface area contributed by atoms with Gasteiger partial charge in [-0.2, -0.15) is 0 Å². The highest BCUT2D eigenvalue weighted by atomic mass is 16.6. The van der Waals surface area contributed by atoms with Crippen LogP contribution in [0.2, 0.25) is 0 Å². The summed E-state index contributed by atoms with van der Waals surface area (Å²) in [4.78, 5) is 50.0. The zero-order valence-corrected chi connectivity index (χ0v) is 17.3. The number of carbonyl (C=O) groups excluding carboxylic acids is 4. The van der Waals surface area contributed by atoms with Crippen LogP contribution in [0.25, 0.3) is 0 Å². The third kappa shape index (κ3) is 7.71. The smallest absolute Gasteiger partial charge is 0.410 e. The van der Waals surface area contributed by atoms with E-state index in [-0.39, 0.29) is 12.5 Å². The molecule has 1 aliphatic heterocycles. The van der Waals surface area contributed by atoms with Crippen molar-refractivity contribution in [3.05, 3.63) is 0 Å². The quantitative estimate of drug-likeness (QED) is 0.270. The van der Waals surface area contributed by atoms with Crippen molar-refractivity contribution in [3.8, 4) is 0 Å². The molecule has 0 aromatic rings. The number of nitrogens with two attached hydrogens (primary N) is 1. The fourth-order valence-electron chi connectivity index (χ4n) is 2.91. The molecule has 0 aliphatic carbocycles. The first-order chi connectivity index (χ1) is 12.9. The lowest BCUT2D eigenvalue weighted by Crippen LogP contribution is -2.53. The van der Waals surface area contributed by atoms with Gasteiger partial charge in [-0.3, -0.25) is 24.7 Å². The lowest BCUT2D eigenvalue weighted by molar-refractivity contribution is -0.131. The molecule has 0 saturated carbocycles. The minimum atomic E-state index is -0.779. The first-order valence-electron chi connectivity index (χ1n) is 9.51. The Hall–Kier alpha value is -2.36. The van der Waals surface area contributed by atoms with Crippen molar-refractivity contribution in [2.45, 2.75) is 71.6 Å². The molecule has 1 heterocycles. The number of rotatable bonds is 7. The fourth-order valence-corrected chi connectivity index (χ4v) is 2.91. The summed E-state index contributed by atoms with van der Waals surface area (Å²) in [6, 6.07) is -1.46. The van der Waals surface area contributed by atoms with Gasteiger partial charge in [0, 0.05) is 6.54 Å². The summed E-state index contributed by atoms with van der Waals surface area (Å²) in [5.41, 5.74) is 1.37. The molecule has 10 nitrogen and oxygen atoms in total. The van der Waals surface area contributed by atoms with Crippen LogP contribution in [0.5, 0.6) is 0 Å². The molecule has 1 saturated heterocycles. The maximum absolute atomic E-state index is 12.4. The van der Waals surface area contributed by atoms with E-state index in [0.717, 1.165) is 0 Å². The lowest BCUT2D eigenvalue weighted by atomic mass is 10.0. The summed E-state index contributed by atoms with van der Waals surface area (Å²) in [6.45, 7) is 9.21. The molecule has 5 N–H and O–H groups in total. The van der Waals surface area contributed by atoms with Crippen molar-refractivity contribution in [1.82, 2.24) is 21.0 Å². The third-order valence-corrected chi connectivity index (χ3v) is 4.11. The van der Waals surface area contributed by atoms with E-state index in [1.165, 1.54) is 4.90 Å². The van der Waals surface area contributed by atoms with Gasteiger partial charge in [0.15, 0.2) is 0 Å². The van der Waals surface area contributed by atoms with E-state index in [4.69, 9.17) is 10.6 Å². The molecule has 2 atom stereocenters. The molecule has 0 spiro atoms. The number of ether oxygens (including phenoxy) is 1. The Morgan fingerprint density at radius 1 is 1.21 bits per heavy atom. The number of nitrogens with zero attached hydrogens (tertiary/aromatic N) is 1. The fraction of sp³-hybridized carbons (Fsp3) is 0.778. The normalized spacial score (nSPS) is 17.8. The maximum atomic E-state index is 12.4. The van der Waals surface area contributed by atoms with Gasteiger partial charge in [-0.25, -0.2) is 10.6 Å². The van der Waals surface area contributed by atoms with E-state index in [1.54, 1.807) is 20.8 Å². The number of amides is 4. The van der Waals surface area contributed by atoms with Gasteiger partial charge in [0.05, 0.1) is 6.54 Å². The topological polar surface area (TPSA) is 143 Å². The SMILES string of the molecule is CC(C)CC(NC(=O)CNC(=O)C1CCCN1C(=O)OC(C)(C)C)C(=O)NN. The summed E-state index contributed by atoms with van der Waals surface area (Å²) in [5.74, 6) is 3.87. The van der Waals surface area contributed by atoms with Crippen molar-refractivity contribution in [2.75, 3.05) is 13.1 Å². The number of hydrazine groups is 1. The molecule has 1 rings (SSSR count). The molecule has 0 aromatic heterocycles. The molecule has 2 unspecified atom stereocenters. The highest BCUT2D eigenvalue weighted by molar-refractivity contribution is 5.92. The number of hydrogen-bond acceptors (Lipinski definition) is 6. The average Bonchev–Trinajstić information content (AvgIpc) is 3.06. The largest absolute Gasteiger partial charge is 0.444 e. The highest BCUT2D eigenvalue weighted by Crippen LogP contribution is 2.20. The Morgan fingerprint density at radius 2 is 1.86 bits per heavy atom. The summed E-state index contributed by atoms with van der Waals surface area (Å²) in [5, 5.41) is 5.08. The van der Waals surface area contributed by atoms with E-state index < -0.39 is 41.5 Å². The van der Waals surface area contributed by atoms with Gasteiger partial charge in [0.2, 0.25) is 11.8 Å². The molecular weight excluding hydrogens is 366 g/mol. The molecular formula is C18H33N5O5. The molecule has 0 aromatic carbocycles. The third-order valence-electron chi connectivity index (χ3n) is 4.11. The summed E-state index contributed by atoms with van der Waals surface area (Å²) in [7, 11) is 0. The van der Waals surface area contributed by atoms with Crippen LogP contribution in [0.3, 0.4) is 0 Å². The van der Waals surface area contributed by atoms with Gasteiger partial charge in [-0.15, -0.1) is 0 Å². The second-order valence-electron chi connectivity index (χ2n) is 8.31.